The van der Waals surface area contributed by atoms with Crippen LogP contribution in [0.4, 0.5) is 0 Å². The van der Waals surface area contributed by atoms with Crippen molar-refractivity contribution >= 4 is 15.9 Å². The zero-order chi connectivity index (χ0) is 13.1. The second-order valence-electron chi connectivity index (χ2n) is 4.31. The minimum atomic E-state index is 0.0190. The van der Waals surface area contributed by atoms with Crippen LogP contribution in [0.5, 0.6) is 0 Å². The highest BCUT2D eigenvalue weighted by Gasteiger charge is 2.22. The Bertz CT molecular complexity index is 508. The van der Waals surface area contributed by atoms with Crippen molar-refractivity contribution in [3.63, 3.8) is 0 Å². The second kappa shape index (κ2) is 5.58. The van der Waals surface area contributed by atoms with Crippen LogP contribution in [0.2, 0.25) is 0 Å². The van der Waals surface area contributed by atoms with E-state index in [1.165, 1.54) is 6.33 Å². The first-order chi connectivity index (χ1) is 8.65. The molecule has 0 aliphatic rings. The van der Waals surface area contributed by atoms with Crippen molar-refractivity contribution in [2.75, 3.05) is 7.05 Å². The van der Waals surface area contributed by atoms with Gasteiger partial charge in [-0.05, 0) is 36.8 Å². The van der Waals surface area contributed by atoms with Crippen molar-refractivity contribution in [1.29, 1.82) is 0 Å². The van der Waals surface area contributed by atoms with Gasteiger partial charge in [0.2, 0.25) is 0 Å². The van der Waals surface area contributed by atoms with Gasteiger partial charge in [-0.3, -0.25) is 4.68 Å². The Morgan fingerprint density at radius 3 is 2.44 bits per heavy atom. The third kappa shape index (κ3) is 2.44. The third-order valence-corrected chi connectivity index (χ3v) is 3.36. The van der Waals surface area contributed by atoms with Gasteiger partial charge in [0.25, 0.3) is 0 Å². The molecule has 1 N–H and O–H groups in total. The molecule has 0 saturated carbocycles. The summed E-state index contributed by atoms with van der Waals surface area (Å²) in [6.07, 6.45) is 6.99. The van der Waals surface area contributed by atoms with Crippen LogP contribution in [0.1, 0.15) is 37.2 Å². The normalized spacial score (nSPS) is 12.9. The van der Waals surface area contributed by atoms with Crippen LogP contribution in [0.25, 0.3) is 0 Å². The molecule has 2 aromatic rings. The number of rotatable bonds is 4. The van der Waals surface area contributed by atoms with Crippen LogP contribution in [0.3, 0.4) is 0 Å². The van der Waals surface area contributed by atoms with Crippen LogP contribution in [-0.4, -0.2) is 26.8 Å². The van der Waals surface area contributed by atoms with Crippen LogP contribution >= 0.6 is 15.9 Å². The molecule has 0 saturated heterocycles. The van der Waals surface area contributed by atoms with Crippen molar-refractivity contribution in [1.82, 2.24) is 25.1 Å². The molecule has 96 valence electrons. The summed E-state index contributed by atoms with van der Waals surface area (Å²) in [7, 11) is 1.92. The highest BCUT2D eigenvalue weighted by molar-refractivity contribution is 9.10. The van der Waals surface area contributed by atoms with E-state index < -0.39 is 0 Å². The third-order valence-electron chi connectivity index (χ3n) is 2.75. The lowest BCUT2D eigenvalue weighted by molar-refractivity contribution is 0.482. The minimum absolute atomic E-state index is 0.0190. The largest absolute Gasteiger partial charge is 0.308 e. The van der Waals surface area contributed by atoms with Crippen molar-refractivity contribution in [3.05, 3.63) is 40.6 Å². The smallest absolute Gasteiger partial charge is 0.115 e. The van der Waals surface area contributed by atoms with E-state index in [0.29, 0.717) is 6.04 Å². The molecule has 0 spiro atoms. The molecule has 0 bridgehead atoms. The molecular formula is C12H16BrN5. The fraction of sp³-hybridized carbons (Fsp3) is 0.417. The molecule has 0 aliphatic carbocycles. The maximum absolute atomic E-state index is 4.40. The molecule has 18 heavy (non-hydrogen) atoms. The monoisotopic (exact) mass is 309 g/mol. The van der Waals surface area contributed by atoms with Gasteiger partial charge in [0, 0.05) is 24.0 Å². The van der Waals surface area contributed by atoms with Crippen molar-refractivity contribution in [2.45, 2.75) is 25.9 Å². The summed E-state index contributed by atoms with van der Waals surface area (Å²) in [5.41, 5.74) is 2.10. The molecule has 0 radical (unpaired) electrons. The van der Waals surface area contributed by atoms with Gasteiger partial charge >= 0.3 is 0 Å². The molecule has 1 atom stereocenters. The predicted octanol–water partition coefficient (Wildman–Crippen LogP) is 2.33. The molecule has 6 heteroatoms. The van der Waals surface area contributed by atoms with Gasteiger partial charge in [-0.25, -0.2) is 9.97 Å². The fourth-order valence-corrected chi connectivity index (χ4v) is 2.46. The summed E-state index contributed by atoms with van der Waals surface area (Å²) in [5.74, 6) is 0. The molecule has 1 unspecified atom stereocenters. The SMILES string of the molecule is CNC(c1cncnc1)c1c(Br)cnn1C(C)C. The molecule has 2 rings (SSSR count). The maximum Gasteiger partial charge on any atom is 0.115 e. The minimum Gasteiger partial charge on any atom is -0.308 e. The zero-order valence-electron chi connectivity index (χ0n) is 10.6. The van der Waals surface area contributed by atoms with E-state index in [9.17, 15) is 0 Å². The molecule has 5 nitrogen and oxygen atoms in total. The number of halogens is 1. The Kier molecular flexibility index (Phi) is 4.08. The molecule has 0 fully saturated rings. The number of nitrogens with zero attached hydrogens (tertiary/aromatic N) is 4. The zero-order valence-corrected chi connectivity index (χ0v) is 12.2. The highest BCUT2D eigenvalue weighted by Crippen LogP contribution is 2.29. The predicted molar refractivity (Wildman–Crippen MR) is 73.2 cm³/mol. The topological polar surface area (TPSA) is 55.6 Å². The summed E-state index contributed by atoms with van der Waals surface area (Å²) >= 11 is 3.56. The van der Waals surface area contributed by atoms with E-state index in [0.717, 1.165) is 15.7 Å². The van der Waals surface area contributed by atoms with Gasteiger partial charge in [-0.2, -0.15) is 5.10 Å². The molecular weight excluding hydrogens is 294 g/mol. The van der Waals surface area contributed by atoms with E-state index in [-0.39, 0.29) is 6.04 Å². The fourth-order valence-electron chi connectivity index (χ4n) is 1.95. The summed E-state index contributed by atoms with van der Waals surface area (Å²) in [4.78, 5) is 8.14. The first kappa shape index (κ1) is 13.2. The Morgan fingerprint density at radius 1 is 1.22 bits per heavy atom. The van der Waals surface area contributed by atoms with Crippen molar-refractivity contribution < 1.29 is 0 Å². The molecule has 0 aromatic carbocycles. The average molecular weight is 310 g/mol. The standard InChI is InChI=1S/C12H16BrN5/c1-8(2)18-12(10(13)6-17-18)11(14-3)9-4-15-7-16-5-9/h4-8,11,14H,1-3H3. The van der Waals surface area contributed by atoms with E-state index in [1.54, 1.807) is 0 Å². The lowest BCUT2D eigenvalue weighted by atomic mass is 10.1. The summed E-state index contributed by atoms with van der Waals surface area (Å²) in [5, 5.41) is 7.68. The van der Waals surface area contributed by atoms with Crippen LogP contribution in [-0.2, 0) is 0 Å². The van der Waals surface area contributed by atoms with Gasteiger partial charge in [0.1, 0.15) is 6.33 Å². The first-order valence-corrected chi connectivity index (χ1v) is 6.59. The van der Waals surface area contributed by atoms with E-state index >= 15 is 0 Å². The quantitative estimate of drug-likeness (QED) is 0.941. The highest BCUT2D eigenvalue weighted by atomic mass is 79.9. The summed E-state index contributed by atoms with van der Waals surface area (Å²) in [6.45, 7) is 4.22. The molecule has 2 heterocycles. The van der Waals surface area contributed by atoms with Gasteiger partial charge in [-0.1, -0.05) is 0 Å². The van der Waals surface area contributed by atoms with Gasteiger partial charge in [0.05, 0.1) is 22.4 Å². The van der Waals surface area contributed by atoms with Crippen LogP contribution < -0.4 is 5.32 Å². The van der Waals surface area contributed by atoms with E-state index in [2.05, 4.69) is 50.2 Å². The van der Waals surface area contributed by atoms with Gasteiger partial charge in [0.15, 0.2) is 0 Å². The van der Waals surface area contributed by atoms with E-state index in [4.69, 9.17) is 0 Å². The number of hydrogen-bond donors (Lipinski definition) is 1. The lowest BCUT2D eigenvalue weighted by Crippen LogP contribution is -2.23. The molecule has 0 aliphatic heterocycles. The number of aromatic nitrogens is 4. The second-order valence-corrected chi connectivity index (χ2v) is 5.16. The average Bonchev–Trinajstić information content (AvgIpc) is 2.74. The Morgan fingerprint density at radius 2 is 1.89 bits per heavy atom. The lowest BCUT2D eigenvalue weighted by Gasteiger charge is -2.20. The van der Waals surface area contributed by atoms with Crippen molar-refractivity contribution in [2.24, 2.45) is 0 Å². The van der Waals surface area contributed by atoms with Crippen LogP contribution in [0, 0.1) is 0 Å². The van der Waals surface area contributed by atoms with Gasteiger partial charge in [-0.15, -0.1) is 0 Å². The van der Waals surface area contributed by atoms with E-state index in [1.807, 2.05) is 30.3 Å². The number of hydrogen-bond acceptors (Lipinski definition) is 4. The Balaban J connectivity index is 2.48. The summed E-state index contributed by atoms with van der Waals surface area (Å²) in [6, 6.07) is 0.317. The summed E-state index contributed by atoms with van der Waals surface area (Å²) < 4.78 is 2.98. The van der Waals surface area contributed by atoms with Crippen molar-refractivity contribution in [3.8, 4) is 0 Å². The van der Waals surface area contributed by atoms with Gasteiger partial charge < -0.3 is 5.32 Å². The maximum atomic E-state index is 4.40. The molecule has 2 aromatic heterocycles. The first-order valence-electron chi connectivity index (χ1n) is 5.80. The Hall–Kier alpha value is -1.27. The molecule has 0 amide bonds. The van der Waals surface area contributed by atoms with Crippen LogP contribution in [0.15, 0.2) is 29.4 Å². The Labute approximate surface area is 115 Å². The number of nitrogens with one attached hydrogen (secondary N) is 1.